The van der Waals surface area contributed by atoms with Gasteiger partial charge in [-0.2, -0.15) is 0 Å². The van der Waals surface area contributed by atoms with Crippen LogP contribution >= 0.6 is 0 Å². The molecule has 0 bridgehead atoms. The van der Waals surface area contributed by atoms with Crippen molar-refractivity contribution in [2.75, 3.05) is 27.2 Å². The minimum Gasteiger partial charge on any atom is -0.305 e. The topological polar surface area (TPSA) is 6.48 Å². The van der Waals surface area contributed by atoms with Crippen molar-refractivity contribution >= 4 is 0 Å². The molecule has 1 atom stereocenters. The maximum absolute atomic E-state index is 2.66. The Labute approximate surface area is 69.2 Å². The van der Waals surface area contributed by atoms with Crippen molar-refractivity contribution in [2.24, 2.45) is 0 Å². The second-order valence-corrected chi connectivity index (χ2v) is 4.13. The van der Waals surface area contributed by atoms with Crippen LogP contribution < -0.4 is 0 Å². The second kappa shape index (κ2) is 2.76. The number of hydrogen-bond acceptors (Lipinski definition) is 2. The number of hydrogen-bond donors (Lipinski definition) is 0. The van der Waals surface area contributed by atoms with Gasteiger partial charge in [-0.1, -0.05) is 0 Å². The molecule has 0 N–H and O–H groups in total. The third kappa shape index (κ3) is 1.57. The summed E-state index contributed by atoms with van der Waals surface area (Å²) in [4.78, 5) is 5.02. The Balaban J connectivity index is 1.82. The molecule has 2 heteroatoms. The first-order chi connectivity index (χ1) is 5.27. The molecule has 2 fully saturated rings. The molecule has 1 aliphatic heterocycles. The smallest absolute Gasteiger partial charge is 0.0229 e. The zero-order valence-corrected chi connectivity index (χ0v) is 7.58. The van der Waals surface area contributed by atoms with Gasteiger partial charge >= 0.3 is 0 Å². The standard InChI is InChI=1S/C9H18N2/c1-10(2)9-5-6-11(7-9)8-3-4-8/h8-9H,3-7H2,1-2H3. The van der Waals surface area contributed by atoms with Gasteiger partial charge in [-0.3, -0.25) is 4.90 Å². The summed E-state index contributed by atoms with van der Waals surface area (Å²) in [5.74, 6) is 0. The van der Waals surface area contributed by atoms with Crippen molar-refractivity contribution in [2.45, 2.75) is 31.3 Å². The van der Waals surface area contributed by atoms with Crippen molar-refractivity contribution in [3.05, 3.63) is 0 Å². The van der Waals surface area contributed by atoms with E-state index in [1.54, 1.807) is 0 Å². The fourth-order valence-corrected chi connectivity index (χ4v) is 1.96. The van der Waals surface area contributed by atoms with Crippen molar-refractivity contribution in [3.8, 4) is 0 Å². The summed E-state index contributed by atoms with van der Waals surface area (Å²) >= 11 is 0. The molecule has 0 spiro atoms. The second-order valence-electron chi connectivity index (χ2n) is 4.13. The molecule has 64 valence electrons. The van der Waals surface area contributed by atoms with Crippen LogP contribution in [0.5, 0.6) is 0 Å². The number of nitrogens with zero attached hydrogens (tertiary/aromatic N) is 2. The first-order valence-corrected chi connectivity index (χ1v) is 4.68. The minimum absolute atomic E-state index is 0.829. The average Bonchev–Trinajstić information content (AvgIpc) is 2.68. The van der Waals surface area contributed by atoms with Gasteiger partial charge in [0.25, 0.3) is 0 Å². The lowest BCUT2D eigenvalue weighted by Crippen LogP contribution is -2.32. The molecule has 1 heterocycles. The van der Waals surface area contributed by atoms with Crippen LogP contribution in [-0.4, -0.2) is 49.1 Å². The predicted octanol–water partition coefficient (Wildman–Crippen LogP) is 0.785. The Morgan fingerprint density at radius 2 is 1.91 bits per heavy atom. The van der Waals surface area contributed by atoms with E-state index < -0.39 is 0 Å². The molecule has 1 unspecified atom stereocenters. The van der Waals surface area contributed by atoms with E-state index >= 15 is 0 Å². The Kier molecular flexibility index (Phi) is 1.90. The van der Waals surface area contributed by atoms with Gasteiger partial charge in [-0.15, -0.1) is 0 Å². The van der Waals surface area contributed by atoms with Crippen LogP contribution in [0.4, 0.5) is 0 Å². The van der Waals surface area contributed by atoms with Crippen LogP contribution in [0.15, 0.2) is 0 Å². The van der Waals surface area contributed by atoms with E-state index in [9.17, 15) is 0 Å². The van der Waals surface area contributed by atoms with E-state index in [1.807, 2.05) is 0 Å². The fraction of sp³-hybridized carbons (Fsp3) is 1.00. The number of likely N-dealkylation sites (tertiary alicyclic amines) is 1. The fourth-order valence-electron chi connectivity index (χ4n) is 1.96. The molecule has 11 heavy (non-hydrogen) atoms. The van der Waals surface area contributed by atoms with Crippen LogP contribution in [0.25, 0.3) is 0 Å². The molecule has 1 aliphatic carbocycles. The van der Waals surface area contributed by atoms with Gasteiger partial charge in [-0.25, -0.2) is 0 Å². The van der Waals surface area contributed by atoms with Crippen LogP contribution in [0.2, 0.25) is 0 Å². The first kappa shape index (κ1) is 7.56. The van der Waals surface area contributed by atoms with E-state index in [4.69, 9.17) is 0 Å². The molecule has 0 amide bonds. The third-order valence-corrected chi connectivity index (χ3v) is 2.99. The number of rotatable bonds is 2. The highest BCUT2D eigenvalue weighted by Gasteiger charge is 2.34. The molecular weight excluding hydrogens is 136 g/mol. The zero-order chi connectivity index (χ0) is 7.84. The van der Waals surface area contributed by atoms with Gasteiger partial charge in [0.2, 0.25) is 0 Å². The molecule has 0 radical (unpaired) electrons. The highest BCUT2D eigenvalue weighted by molar-refractivity contribution is 4.91. The summed E-state index contributed by atoms with van der Waals surface area (Å²) in [6, 6.07) is 1.80. The predicted molar refractivity (Wildman–Crippen MR) is 46.7 cm³/mol. The van der Waals surface area contributed by atoms with E-state index in [0.29, 0.717) is 0 Å². The van der Waals surface area contributed by atoms with E-state index in [0.717, 1.165) is 12.1 Å². The van der Waals surface area contributed by atoms with Crippen molar-refractivity contribution in [1.82, 2.24) is 9.80 Å². The average molecular weight is 154 g/mol. The first-order valence-electron chi connectivity index (χ1n) is 4.68. The molecule has 0 aromatic carbocycles. The lowest BCUT2D eigenvalue weighted by molar-refractivity contribution is 0.263. The summed E-state index contributed by atoms with van der Waals surface area (Å²) < 4.78 is 0. The summed E-state index contributed by atoms with van der Waals surface area (Å²) in [7, 11) is 4.39. The van der Waals surface area contributed by atoms with Gasteiger partial charge in [0.05, 0.1) is 0 Å². The Morgan fingerprint density at radius 3 is 2.36 bits per heavy atom. The third-order valence-electron chi connectivity index (χ3n) is 2.99. The summed E-state index contributed by atoms with van der Waals surface area (Å²) in [6.45, 7) is 2.66. The lowest BCUT2D eigenvalue weighted by Gasteiger charge is -2.19. The molecule has 0 aromatic heterocycles. The quantitative estimate of drug-likeness (QED) is 0.580. The van der Waals surface area contributed by atoms with Crippen LogP contribution in [0.1, 0.15) is 19.3 Å². The van der Waals surface area contributed by atoms with Gasteiger partial charge in [0.15, 0.2) is 0 Å². The SMILES string of the molecule is CN(C)C1CCN(C2CC2)C1. The van der Waals surface area contributed by atoms with Crippen LogP contribution in [0, 0.1) is 0 Å². The summed E-state index contributed by atoms with van der Waals surface area (Å²) in [6.07, 6.45) is 4.30. The summed E-state index contributed by atoms with van der Waals surface area (Å²) in [5, 5.41) is 0. The van der Waals surface area contributed by atoms with Gasteiger partial charge in [0.1, 0.15) is 0 Å². The molecule has 0 aromatic rings. The van der Waals surface area contributed by atoms with E-state index in [2.05, 4.69) is 23.9 Å². The maximum Gasteiger partial charge on any atom is 0.0229 e. The molecule has 1 saturated heterocycles. The van der Waals surface area contributed by atoms with Gasteiger partial charge in [0, 0.05) is 25.2 Å². The Bertz CT molecular complexity index is 132. The van der Waals surface area contributed by atoms with Gasteiger partial charge < -0.3 is 4.90 Å². The maximum atomic E-state index is 2.66. The molecule has 1 saturated carbocycles. The Morgan fingerprint density at radius 1 is 1.18 bits per heavy atom. The normalized spacial score (nSPS) is 33.5. The lowest BCUT2D eigenvalue weighted by atomic mass is 10.2. The van der Waals surface area contributed by atoms with Crippen molar-refractivity contribution in [1.29, 1.82) is 0 Å². The Hall–Kier alpha value is -0.0800. The molecule has 2 rings (SSSR count). The highest BCUT2D eigenvalue weighted by Crippen LogP contribution is 2.30. The van der Waals surface area contributed by atoms with E-state index in [-0.39, 0.29) is 0 Å². The molecule has 2 aliphatic rings. The molecular formula is C9H18N2. The van der Waals surface area contributed by atoms with Crippen LogP contribution in [-0.2, 0) is 0 Å². The highest BCUT2D eigenvalue weighted by atomic mass is 15.3. The monoisotopic (exact) mass is 154 g/mol. The largest absolute Gasteiger partial charge is 0.305 e. The summed E-state index contributed by atoms with van der Waals surface area (Å²) in [5.41, 5.74) is 0. The van der Waals surface area contributed by atoms with Crippen molar-refractivity contribution < 1.29 is 0 Å². The minimum atomic E-state index is 0.829. The van der Waals surface area contributed by atoms with E-state index in [1.165, 1.54) is 32.4 Å². The molecule has 2 nitrogen and oxygen atoms in total. The van der Waals surface area contributed by atoms with Crippen molar-refractivity contribution in [3.63, 3.8) is 0 Å². The number of likely N-dealkylation sites (N-methyl/N-ethyl adjacent to an activating group) is 1. The van der Waals surface area contributed by atoms with Crippen LogP contribution in [0.3, 0.4) is 0 Å². The van der Waals surface area contributed by atoms with Gasteiger partial charge in [-0.05, 0) is 33.4 Å². The zero-order valence-electron chi connectivity index (χ0n) is 7.58.